The van der Waals surface area contributed by atoms with Crippen LogP contribution in [-0.4, -0.2) is 22.6 Å². The van der Waals surface area contributed by atoms with Gasteiger partial charge in [-0.3, -0.25) is 0 Å². The van der Waals surface area contributed by atoms with Crippen molar-refractivity contribution in [2.45, 2.75) is 139 Å². The van der Waals surface area contributed by atoms with Gasteiger partial charge in [0.05, 0.1) is 11.1 Å². The normalized spacial score (nSPS) is 23.8. The molecule has 238 valence electrons. The fraction of sp³-hybridized carbons (Fsp3) is 0.657. The lowest BCUT2D eigenvalue weighted by molar-refractivity contribution is -0.138. The van der Waals surface area contributed by atoms with E-state index in [4.69, 9.17) is 0 Å². The van der Waals surface area contributed by atoms with Crippen molar-refractivity contribution in [2.24, 2.45) is 5.92 Å². The average Bonchev–Trinajstić information content (AvgIpc) is 3.42. The molecule has 8 heteroatoms. The molecular weight excluding hydrogens is 596 g/mol. The minimum atomic E-state index is -4.51. The summed E-state index contributed by atoms with van der Waals surface area (Å²) in [6.45, 7) is 5.77. The molecule has 5 rings (SSSR count). The molecule has 3 aliphatic rings. The third kappa shape index (κ3) is 7.82. The Hall–Kier alpha value is -1.12. The van der Waals surface area contributed by atoms with Crippen LogP contribution in [0.3, 0.4) is 0 Å². The van der Waals surface area contributed by atoms with Gasteiger partial charge in [0.25, 0.3) is 0 Å². The molecule has 3 fully saturated rings. The van der Waals surface area contributed by atoms with Crippen LogP contribution >= 0.6 is 15.8 Å². The Morgan fingerprint density at radius 2 is 1.02 bits per heavy atom. The van der Waals surface area contributed by atoms with Crippen LogP contribution in [0.25, 0.3) is 0 Å². The van der Waals surface area contributed by atoms with Gasteiger partial charge in [0.1, 0.15) is 0 Å². The van der Waals surface area contributed by atoms with Crippen molar-refractivity contribution < 1.29 is 26.3 Å². The third-order valence-electron chi connectivity index (χ3n) is 10.3. The quantitative estimate of drug-likeness (QED) is 0.208. The van der Waals surface area contributed by atoms with Gasteiger partial charge in [-0.15, -0.1) is 0 Å². The van der Waals surface area contributed by atoms with Crippen LogP contribution in [0.2, 0.25) is 0 Å². The first-order valence-electron chi connectivity index (χ1n) is 16.3. The first kappa shape index (κ1) is 33.2. The van der Waals surface area contributed by atoms with E-state index < -0.39 is 31.4 Å². The SMILES string of the molecule is Cc1cc(P(c2cc(C)cc(C(F)(F)F)c2)C2CCCC2[C@@H](C)P(C2CCCCC2)C2CCCCC2)cc(C(F)(F)F)c1. The molecule has 0 N–H and O–H groups in total. The van der Waals surface area contributed by atoms with Crippen molar-refractivity contribution in [1.29, 1.82) is 0 Å². The molecule has 43 heavy (non-hydrogen) atoms. The summed E-state index contributed by atoms with van der Waals surface area (Å²) in [5, 5.41) is 1.15. The van der Waals surface area contributed by atoms with E-state index in [9.17, 15) is 26.3 Å². The zero-order valence-corrected chi connectivity index (χ0v) is 27.5. The van der Waals surface area contributed by atoms with Crippen LogP contribution in [0.15, 0.2) is 36.4 Å². The Balaban J connectivity index is 1.60. The number of halogens is 6. The van der Waals surface area contributed by atoms with Crippen LogP contribution in [0.5, 0.6) is 0 Å². The van der Waals surface area contributed by atoms with E-state index in [-0.39, 0.29) is 13.6 Å². The molecule has 0 amide bonds. The van der Waals surface area contributed by atoms with Crippen molar-refractivity contribution in [3.05, 3.63) is 58.7 Å². The van der Waals surface area contributed by atoms with Gasteiger partial charge in [-0.05, 0) is 135 Å². The highest BCUT2D eigenvalue weighted by Gasteiger charge is 2.45. The molecule has 2 aromatic carbocycles. The predicted molar refractivity (Wildman–Crippen MR) is 170 cm³/mol. The van der Waals surface area contributed by atoms with Crippen molar-refractivity contribution in [2.75, 3.05) is 0 Å². The number of alkyl halides is 6. The summed E-state index contributed by atoms with van der Waals surface area (Å²) in [5.41, 5.74) is 1.67. The highest BCUT2D eigenvalue weighted by Crippen LogP contribution is 2.64. The molecule has 0 bridgehead atoms. The molecule has 2 unspecified atom stereocenters. The van der Waals surface area contributed by atoms with E-state index in [1.807, 2.05) is 12.1 Å². The lowest BCUT2D eigenvalue weighted by atomic mass is 9.99. The number of rotatable bonds is 7. The van der Waals surface area contributed by atoms with Crippen molar-refractivity contribution >= 4 is 26.5 Å². The molecule has 3 aliphatic carbocycles. The standard InChI is InChI=1S/C35H46F6P2/c1-23-17-26(34(36,37)38)21-30(19-23)43(31-20-24(2)18-27(22-31)35(39,40)41)33-16-10-15-32(33)25(3)42(28-11-6-4-7-12-28)29-13-8-5-9-14-29/h17-22,25,28-29,32-33H,4-16H2,1-3H3/t25-,32?,33?/m1/s1. The van der Waals surface area contributed by atoms with E-state index >= 15 is 0 Å². The Morgan fingerprint density at radius 1 is 0.581 bits per heavy atom. The van der Waals surface area contributed by atoms with Crippen LogP contribution in [0.1, 0.15) is 113 Å². The van der Waals surface area contributed by atoms with Gasteiger partial charge >= 0.3 is 12.4 Å². The zero-order chi connectivity index (χ0) is 30.9. The second-order valence-corrected chi connectivity index (χ2v) is 19.0. The summed E-state index contributed by atoms with van der Waals surface area (Å²) >= 11 is 0. The second-order valence-electron chi connectivity index (χ2n) is 13.4. The Labute approximate surface area is 256 Å². The summed E-state index contributed by atoms with van der Waals surface area (Å²) in [6.07, 6.45) is 6.79. The number of hydrogen-bond acceptors (Lipinski definition) is 0. The van der Waals surface area contributed by atoms with E-state index in [1.165, 1.54) is 76.3 Å². The topological polar surface area (TPSA) is 0 Å². The lowest BCUT2D eigenvalue weighted by Crippen LogP contribution is -2.35. The Morgan fingerprint density at radius 3 is 1.44 bits per heavy atom. The molecular formula is C35H46F6P2. The average molecular weight is 643 g/mol. The minimum Gasteiger partial charge on any atom is -0.166 e. The van der Waals surface area contributed by atoms with Crippen molar-refractivity contribution in [1.82, 2.24) is 0 Å². The van der Waals surface area contributed by atoms with Gasteiger partial charge in [0.15, 0.2) is 0 Å². The van der Waals surface area contributed by atoms with E-state index in [0.717, 1.165) is 42.7 Å². The third-order valence-corrected chi connectivity index (χ3v) is 17.3. The largest absolute Gasteiger partial charge is 0.416 e. The van der Waals surface area contributed by atoms with E-state index in [1.54, 1.807) is 13.8 Å². The molecule has 3 atom stereocenters. The number of benzene rings is 2. The monoisotopic (exact) mass is 642 g/mol. The summed E-state index contributed by atoms with van der Waals surface area (Å²) in [4.78, 5) is 0. The van der Waals surface area contributed by atoms with Crippen LogP contribution in [0, 0.1) is 19.8 Å². The van der Waals surface area contributed by atoms with E-state index in [0.29, 0.717) is 33.3 Å². The summed E-state index contributed by atoms with van der Waals surface area (Å²) in [5.74, 6) is 0.325. The van der Waals surface area contributed by atoms with Crippen molar-refractivity contribution in [3.63, 3.8) is 0 Å². The molecule has 0 nitrogen and oxygen atoms in total. The van der Waals surface area contributed by atoms with Gasteiger partial charge in [-0.2, -0.15) is 26.3 Å². The minimum absolute atomic E-state index is 0.0768. The fourth-order valence-electron chi connectivity index (χ4n) is 8.46. The molecule has 2 aromatic rings. The zero-order valence-electron chi connectivity index (χ0n) is 25.7. The highest BCUT2D eigenvalue weighted by molar-refractivity contribution is 7.73. The first-order chi connectivity index (χ1) is 20.3. The van der Waals surface area contributed by atoms with Gasteiger partial charge < -0.3 is 0 Å². The summed E-state index contributed by atoms with van der Waals surface area (Å²) in [7, 11) is -1.70. The Bertz CT molecular complexity index is 1140. The summed E-state index contributed by atoms with van der Waals surface area (Å²) in [6, 6.07) is 8.46. The molecule has 0 saturated heterocycles. The maximum absolute atomic E-state index is 14.1. The summed E-state index contributed by atoms with van der Waals surface area (Å²) < 4.78 is 84.4. The predicted octanol–water partition coefficient (Wildman–Crippen LogP) is 11.5. The van der Waals surface area contributed by atoms with Crippen molar-refractivity contribution in [3.8, 4) is 0 Å². The number of aryl methyl sites for hydroxylation is 2. The van der Waals surface area contributed by atoms with Gasteiger partial charge in [-0.25, -0.2) is 0 Å². The smallest absolute Gasteiger partial charge is 0.166 e. The number of hydrogen-bond donors (Lipinski definition) is 0. The second kappa shape index (κ2) is 13.7. The van der Waals surface area contributed by atoms with Crippen LogP contribution in [0.4, 0.5) is 26.3 Å². The van der Waals surface area contributed by atoms with Gasteiger partial charge in [0.2, 0.25) is 0 Å². The molecule has 3 saturated carbocycles. The van der Waals surface area contributed by atoms with Gasteiger partial charge in [-0.1, -0.05) is 71.9 Å². The van der Waals surface area contributed by atoms with Crippen LogP contribution < -0.4 is 10.6 Å². The fourth-order valence-corrected chi connectivity index (χ4v) is 16.8. The maximum atomic E-state index is 14.1. The molecule has 0 aliphatic heterocycles. The first-order valence-corrected chi connectivity index (χ1v) is 19.2. The maximum Gasteiger partial charge on any atom is 0.416 e. The van der Waals surface area contributed by atoms with E-state index in [2.05, 4.69) is 6.92 Å². The molecule has 0 heterocycles. The Kier molecular flexibility index (Phi) is 10.6. The van der Waals surface area contributed by atoms with Crippen LogP contribution in [-0.2, 0) is 12.4 Å². The molecule has 0 spiro atoms. The highest BCUT2D eigenvalue weighted by atomic mass is 31.1. The lowest BCUT2D eigenvalue weighted by Gasteiger charge is -2.46. The molecule has 0 aromatic heterocycles. The van der Waals surface area contributed by atoms with Gasteiger partial charge in [0, 0.05) is 0 Å². The molecule has 0 radical (unpaired) electrons.